The molecular formula is C11H15N3O4. The molecule has 0 unspecified atom stereocenters. The molecule has 0 fully saturated rings. The summed E-state index contributed by atoms with van der Waals surface area (Å²) < 4.78 is 0. The van der Waals surface area contributed by atoms with E-state index in [4.69, 9.17) is 5.11 Å². The van der Waals surface area contributed by atoms with Gasteiger partial charge in [-0.05, 0) is 26.3 Å². The van der Waals surface area contributed by atoms with E-state index >= 15 is 0 Å². The number of hydrogen-bond donors (Lipinski definition) is 2. The van der Waals surface area contributed by atoms with Gasteiger partial charge in [0.05, 0.1) is 11.3 Å². The summed E-state index contributed by atoms with van der Waals surface area (Å²) >= 11 is 0. The highest BCUT2D eigenvalue weighted by Crippen LogP contribution is 2.26. The van der Waals surface area contributed by atoms with E-state index in [0.29, 0.717) is 5.56 Å². The Bertz CT molecular complexity index is 485. The molecule has 1 aromatic heterocycles. The quantitative estimate of drug-likeness (QED) is 0.613. The number of carboxylic acid groups (broad SMARTS) is 1. The minimum Gasteiger partial charge on any atom is -0.481 e. The predicted octanol–water partition coefficient (Wildman–Crippen LogP) is 1.96. The minimum absolute atomic E-state index is 0.0804. The normalized spacial score (nSPS) is 11.1. The predicted molar refractivity (Wildman–Crippen MR) is 65.6 cm³/mol. The maximum absolute atomic E-state index is 10.9. The molecule has 0 aliphatic carbocycles. The van der Waals surface area contributed by atoms with Crippen LogP contribution < -0.4 is 5.32 Å². The average molecular weight is 253 g/mol. The van der Waals surface area contributed by atoms with E-state index in [1.165, 1.54) is 12.3 Å². The smallest absolute Gasteiger partial charge is 0.311 e. The topological polar surface area (TPSA) is 105 Å². The Kier molecular flexibility index (Phi) is 3.85. The second-order valence-electron chi connectivity index (χ2n) is 4.72. The van der Waals surface area contributed by atoms with Gasteiger partial charge in [0.25, 0.3) is 0 Å². The van der Waals surface area contributed by atoms with Crippen LogP contribution in [0.1, 0.15) is 25.8 Å². The van der Waals surface area contributed by atoms with Crippen molar-refractivity contribution in [1.29, 1.82) is 0 Å². The second kappa shape index (κ2) is 4.99. The largest absolute Gasteiger partial charge is 0.481 e. The maximum Gasteiger partial charge on any atom is 0.311 e. The van der Waals surface area contributed by atoms with Gasteiger partial charge in [-0.3, -0.25) is 14.9 Å². The summed E-state index contributed by atoms with van der Waals surface area (Å²) in [6.45, 7) is 4.99. The van der Waals surface area contributed by atoms with E-state index in [9.17, 15) is 14.9 Å². The first-order valence-electron chi connectivity index (χ1n) is 5.32. The van der Waals surface area contributed by atoms with Gasteiger partial charge >= 0.3 is 11.7 Å². The molecule has 1 heterocycles. The van der Waals surface area contributed by atoms with Crippen LogP contribution in [0.4, 0.5) is 11.5 Å². The summed E-state index contributed by atoms with van der Waals surface area (Å²) in [4.78, 5) is 25.0. The lowest BCUT2D eigenvalue weighted by Crippen LogP contribution is -2.34. The lowest BCUT2D eigenvalue weighted by atomic mass is 10.0. The zero-order chi connectivity index (χ0) is 13.9. The first-order chi connectivity index (χ1) is 8.21. The molecule has 0 spiro atoms. The number of carboxylic acids is 1. The van der Waals surface area contributed by atoms with Gasteiger partial charge in [-0.2, -0.15) is 0 Å². The van der Waals surface area contributed by atoms with E-state index in [-0.39, 0.29) is 17.9 Å². The van der Waals surface area contributed by atoms with Crippen molar-refractivity contribution in [2.24, 2.45) is 0 Å². The molecule has 0 aliphatic heterocycles. The van der Waals surface area contributed by atoms with Crippen LogP contribution in [0.15, 0.2) is 12.3 Å². The molecule has 0 radical (unpaired) electrons. The molecule has 0 bridgehead atoms. The summed E-state index contributed by atoms with van der Waals surface area (Å²) in [6, 6.07) is 1.40. The minimum atomic E-state index is -0.984. The number of hydrogen-bond acceptors (Lipinski definition) is 5. The molecule has 18 heavy (non-hydrogen) atoms. The second-order valence-corrected chi connectivity index (χ2v) is 4.72. The number of aliphatic carboxylic acids is 1. The molecule has 0 aromatic carbocycles. The lowest BCUT2D eigenvalue weighted by Gasteiger charge is -2.24. The van der Waals surface area contributed by atoms with Crippen LogP contribution in [0.5, 0.6) is 0 Å². The number of aryl methyl sites for hydroxylation is 1. The SMILES string of the molecule is Cc1cnc(NC(C)(C)CC(=O)O)c([N+](=O)[O-])c1. The number of pyridine rings is 1. The van der Waals surface area contributed by atoms with Gasteiger partial charge in [0, 0.05) is 17.8 Å². The molecule has 0 saturated heterocycles. The third-order valence-electron chi connectivity index (χ3n) is 2.25. The molecule has 98 valence electrons. The van der Waals surface area contributed by atoms with Crippen LogP contribution >= 0.6 is 0 Å². The lowest BCUT2D eigenvalue weighted by molar-refractivity contribution is -0.384. The van der Waals surface area contributed by atoms with Crippen molar-refractivity contribution in [2.45, 2.75) is 32.7 Å². The fourth-order valence-electron chi connectivity index (χ4n) is 1.53. The first kappa shape index (κ1) is 13.9. The van der Waals surface area contributed by atoms with Crippen LogP contribution in [0.2, 0.25) is 0 Å². The van der Waals surface area contributed by atoms with Crippen LogP contribution in [-0.2, 0) is 4.79 Å². The van der Waals surface area contributed by atoms with Crippen LogP contribution in [0, 0.1) is 17.0 Å². The van der Waals surface area contributed by atoms with Gasteiger partial charge in [0.2, 0.25) is 5.82 Å². The van der Waals surface area contributed by atoms with Crippen molar-refractivity contribution >= 4 is 17.5 Å². The van der Waals surface area contributed by atoms with Crippen LogP contribution in [0.3, 0.4) is 0 Å². The van der Waals surface area contributed by atoms with Gasteiger partial charge in [-0.25, -0.2) is 4.98 Å². The van der Waals surface area contributed by atoms with E-state index in [1.807, 2.05) is 0 Å². The molecule has 0 saturated carbocycles. The first-order valence-corrected chi connectivity index (χ1v) is 5.32. The zero-order valence-electron chi connectivity index (χ0n) is 10.4. The van der Waals surface area contributed by atoms with Crippen molar-refractivity contribution < 1.29 is 14.8 Å². The van der Waals surface area contributed by atoms with E-state index in [2.05, 4.69) is 10.3 Å². The van der Waals surface area contributed by atoms with Gasteiger partial charge in [-0.15, -0.1) is 0 Å². The third kappa shape index (κ3) is 3.69. The summed E-state index contributed by atoms with van der Waals surface area (Å²) in [5.41, 5.74) is -0.310. The number of rotatable bonds is 5. The number of nitro groups is 1. The van der Waals surface area contributed by atoms with Crippen LogP contribution in [0.25, 0.3) is 0 Å². The van der Waals surface area contributed by atoms with Gasteiger partial charge in [-0.1, -0.05) is 0 Å². The highest BCUT2D eigenvalue weighted by molar-refractivity contribution is 5.69. The summed E-state index contributed by atoms with van der Waals surface area (Å²) in [5, 5.41) is 22.4. The third-order valence-corrected chi connectivity index (χ3v) is 2.25. The van der Waals surface area contributed by atoms with Crippen molar-refractivity contribution in [3.8, 4) is 0 Å². The summed E-state index contributed by atoms with van der Waals surface area (Å²) in [6.07, 6.45) is 1.33. The fraction of sp³-hybridized carbons (Fsp3) is 0.455. The standard InChI is InChI=1S/C11H15N3O4/c1-7-4-8(14(17)18)10(12-6-7)13-11(2,3)5-9(15)16/h4,6H,5H2,1-3H3,(H,12,13)(H,15,16). The number of nitrogens with zero attached hydrogens (tertiary/aromatic N) is 2. The van der Waals surface area contributed by atoms with Crippen LogP contribution in [-0.4, -0.2) is 26.5 Å². The van der Waals surface area contributed by atoms with Crippen molar-refractivity contribution in [3.63, 3.8) is 0 Å². The van der Waals surface area contributed by atoms with Gasteiger partial charge in [0.15, 0.2) is 0 Å². The molecule has 1 aromatic rings. The molecule has 7 heteroatoms. The molecular weight excluding hydrogens is 238 g/mol. The Labute approximate surface area is 104 Å². The number of nitrogens with one attached hydrogen (secondary N) is 1. The Morgan fingerprint density at radius 3 is 2.72 bits per heavy atom. The fourth-order valence-corrected chi connectivity index (χ4v) is 1.53. The van der Waals surface area contributed by atoms with Crippen molar-refractivity contribution in [3.05, 3.63) is 27.9 Å². The van der Waals surface area contributed by atoms with E-state index < -0.39 is 16.4 Å². The number of carbonyl (C=O) groups is 1. The van der Waals surface area contributed by atoms with E-state index in [1.54, 1.807) is 20.8 Å². The number of aromatic nitrogens is 1. The monoisotopic (exact) mass is 253 g/mol. The molecule has 0 amide bonds. The summed E-state index contributed by atoms with van der Waals surface area (Å²) in [5.74, 6) is -0.904. The summed E-state index contributed by atoms with van der Waals surface area (Å²) in [7, 11) is 0. The zero-order valence-corrected chi connectivity index (χ0v) is 10.4. The van der Waals surface area contributed by atoms with Gasteiger partial charge in [0.1, 0.15) is 0 Å². The van der Waals surface area contributed by atoms with Crippen molar-refractivity contribution in [2.75, 3.05) is 5.32 Å². The maximum atomic E-state index is 10.9. The molecule has 0 atom stereocenters. The van der Waals surface area contributed by atoms with E-state index in [0.717, 1.165) is 0 Å². The molecule has 0 aliphatic rings. The average Bonchev–Trinajstić information content (AvgIpc) is 2.18. The molecule has 2 N–H and O–H groups in total. The molecule has 7 nitrogen and oxygen atoms in total. The van der Waals surface area contributed by atoms with Gasteiger partial charge < -0.3 is 10.4 Å². The highest BCUT2D eigenvalue weighted by atomic mass is 16.6. The Morgan fingerprint density at radius 1 is 1.61 bits per heavy atom. The Balaban J connectivity index is 3.03. The van der Waals surface area contributed by atoms with Crippen molar-refractivity contribution in [1.82, 2.24) is 4.98 Å². The molecule has 1 rings (SSSR count). The Hall–Kier alpha value is -2.18. The highest BCUT2D eigenvalue weighted by Gasteiger charge is 2.26. The Morgan fingerprint density at radius 2 is 2.22 bits per heavy atom. The number of anilines is 1.